The van der Waals surface area contributed by atoms with Crippen LogP contribution >= 0.6 is 11.6 Å². The molecule has 0 unspecified atom stereocenters. The van der Waals surface area contributed by atoms with Crippen molar-refractivity contribution < 1.29 is 22.4 Å². The van der Waals surface area contributed by atoms with E-state index in [1.807, 2.05) is 0 Å². The Labute approximate surface area is 167 Å². The molecule has 0 saturated heterocycles. The van der Waals surface area contributed by atoms with Crippen molar-refractivity contribution in [2.75, 3.05) is 11.8 Å². The minimum atomic E-state index is -3.81. The molecule has 2 N–H and O–H groups in total. The second-order valence-electron chi connectivity index (χ2n) is 5.74. The van der Waals surface area contributed by atoms with Gasteiger partial charge in [-0.3, -0.25) is 9.52 Å². The Morgan fingerprint density at radius 3 is 2.50 bits per heavy atom. The first kappa shape index (κ1) is 19.8. The molecule has 0 radical (unpaired) electrons. The van der Waals surface area contributed by atoms with Crippen molar-refractivity contribution in [1.82, 2.24) is 5.32 Å². The summed E-state index contributed by atoms with van der Waals surface area (Å²) in [5.74, 6) is 0.756. The SMILES string of the molecule is COc1ccc(S(=O)(=O)Nc2ccc(C(=O)NCc3ccco3)c(Cl)c2)cc1. The van der Waals surface area contributed by atoms with Crippen LogP contribution in [-0.4, -0.2) is 21.4 Å². The molecule has 0 atom stereocenters. The lowest BCUT2D eigenvalue weighted by atomic mass is 10.2. The molecule has 3 aromatic rings. The van der Waals surface area contributed by atoms with E-state index in [-0.39, 0.29) is 27.7 Å². The van der Waals surface area contributed by atoms with Gasteiger partial charge < -0.3 is 14.5 Å². The fraction of sp³-hybridized carbons (Fsp3) is 0.105. The molecule has 3 rings (SSSR count). The fourth-order valence-corrected chi connectivity index (χ4v) is 3.72. The molecule has 0 aliphatic rings. The number of sulfonamides is 1. The number of carbonyl (C=O) groups excluding carboxylic acids is 1. The normalized spacial score (nSPS) is 11.1. The molecular weight excluding hydrogens is 404 g/mol. The standard InChI is InChI=1S/C19H17ClN2O5S/c1-26-14-5-7-16(8-6-14)28(24,25)22-13-4-9-17(18(20)11-13)19(23)21-12-15-3-2-10-27-15/h2-11,22H,12H2,1H3,(H,21,23). The predicted molar refractivity (Wildman–Crippen MR) is 105 cm³/mol. The summed E-state index contributed by atoms with van der Waals surface area (Å²) in [6, 6.07) is 13.7. The van der Waals surface area contributed by atoms with Gasteiger partial charge >= 0.3 is 0 Å². The highest BCUT2D eigenvalue weighted by molar-refractivity contribution is 7.92. The Morgan fingerprint density at radius 2 is 1.89 bits per heavy atom. The van der Waals surface area contributed by atoms with Crippen molar-refractivity contribution in [3.63, 3.8) is 0 Å². The van der Waals surface area contributed by atoms with Crippen LogP contribution in [0.1, 0.15) is 16.1 Å². The van der Waals surface area contributed by atoms with Crippen LogP contribution in [0, 0.1) is 0 Å². The molecule has 9 heteroatoms. The number of furan rings is 1. The molecular formula is C19H17ClN2O5S. The first-order valence-corrected chi connectivity index (χ1v) is 10.0. The summed E-state index contributed by atoms with van der Waals surface area (Å²) in [5, 5.41) is 2.80. The van der Waals surface area contributed by atoms with Crippen molar-refractivity contribution in [2.45, 2.75) is 11.4 Å². The second kappa shape index (κ2) is 8.37. The van der Waals surface area contributed by atoms with Gasteiger partial charge in [-0.05, 0) is 54.6 Å². The highest BCUT2D eigenvalue weighted by Crippen LogP contribution is 2.24. The molecule has 28 heavy (non-hydrogen) atoms. The lowest BCUT2D eigenvalue weighted by molar-refractivity contribution is 0.0948. The zero-order chi connectivity index (χ0) is 20.1. The van der Waals surface area contributed by atoms with Crippen molar-refractivity contribution in [2.24, 2.45) is 0 Å². The molecule has 1 aromatic heterocycles. The zero-order valence-electron chi connectivity index (χ0n) is 14.8. The van der Waals surface area contributed by atoms with E-state index in [0.29, 0.717) is 11.5 Å². The maximum Gasteiger partial charge on any atom is 0.261 e. The molecule has 0 fully saturated rings. The van der Waals surface area contributed by atoms with E-state index in [0.717, 1.165) is 0 Å². The van der Waals surface area contributed by atoms with Crippen molar-refractivity contribution in [3.05, 3.63) is 77.2 Å². The predicted octanol–water partition coefficient (Wildman–Crippen LogP) is 3.67. The largest absolute Gasteiger partial charge is 0.497 e. The Bertz CT molecular complexity index is 1060. The quantitative estimate of drug-likeness (QED) is 0.607. The minimum Gasteiger partial charge on any atom is -0.497 e. The summed E-state index contributed by atoms with van der Waals surface area (Å²) < 4.78 is 37.6. The van der Waals surface area contributed by atoms with E-state index < -0.39 is 15.9 Å². The molecule has 0 aliphatic carbocycles. The summed E-state index contributed by atoms with van der Waals surface area (Å²) in [5.41, 5.74) is 0.462. The van der Waals surface area contributed by atoms with Gasteiger partial charge in [-0.1, -0.05) is 11.6 Å². The topological polar surface area (TPSA) is 97.6 Å². The summed E-state index contributed by atoms with van der Waals surface area (Å²) in [7, 11) is -2.31. The van der Waals surface area contributed by atoms with E-state index in [1.54, 1.807) is 24.3 Å². The first-order valence-electron chi connectivity index (χ1n) is 8.16. The maximum atomic E-state index is 12.5. The summed E-state index contributed by atoms with van der Waals surface area (Å²) >= 11 is 6.16. The Balaban J connectivity index is 1.71. The molecule has 1 amide bonds. The molecule has 0 bridgehead atoms. The number of benzene rings is 2. The third-order valence-corrected chi connectivity index (χ3v) is 5.55. The molecule has 0 saturated carbocycles. The molecule has 146 valence electrons. The number of rotatable bonds is 7. The highest BCUT2D eigenvalue weighted by atomic mass is 35.5. The van der Waals surface area contributed by atoms with Gasteiger partial charge in [0.15, 0.2) is 0 Å². The number of nitrogens with one attached hydrogen (secondary N) is 2. The van der Waals surface area contributed by atoms with Gasteiger partial charge in [-0.2, -0.15) is 0 Å². The average Bonchev–Trinajstić information content (AvgIpc) is 3.19. The minimum absolute atomic E-state index is 0.0738. The highest BCUT2D eigenvalue weighted by Gasteiger charge is 2.16. The Morgan fingerprint density at radius 1 is 1.14 bits per heavy atom. The van der Waals surface area contributed by atoms with Crippen molar-refractivity contribution in [3.8, 4) is 5.75 Å². The number of ether oxygens (including phenoxy) is 1. The van der Waals surface area contributed by atoms with Crippen LogP contribution in [0.3, 0.4) is 0 Å². The van der Waals surface area contributed by atoms with E-state index in [9.17, 15) is 13.2 Å². The number of amides is 1. The van der Waals surface area contributed by atoms with Crippen LogP contribution in [0.4, 0.5) is 5.69 Å². The van der Waals surface area contributed by atoms with Crippen LogP contribution in [0.5, 0.6) is 5.75 Å². The van der Waals surface area contributed by atoms with Crippen LogP contribution in [0.2, 0.25) is 5.02 Å². The van der Waals surface area contributed by atoms with E-state index in [4.69, 9.17) is 20.8 Å². The smallest absolute Gasteiger partial charge is 0.261 e. The number of hydrogen-bond acceptors (Lipinski definition) is 5. The number of anilines is 1. The van der Waals surface area contributed by atoms with Gasteiger partial charge in [-0.15, -0.1) is 0 Å². The Hall–Kier alpha value is -2.97. The lowest BCUT2D eigenvalue weighted by Crippen LogP contribution is -2.23. The van der Waals surface area contributed by atoms with Gasteiger partial charge in [0.2, 0.25) is 0 Å². The average molecular weight is 421 g/mol. The summed E-state index contributed by atoms with van der Waals surface area (Å²) in [6.45, 7) is 0.216. The van der Waals surface area contributed by atoms with Crippen LogP contribution in [0.25, 0.3) is 0 Å². The maximum absolute atomic E-state index is 12.5. The van der Waals surface area contributed by atoms with E-state index >= 15 is 0 Å². The van der Waals surface area contributed by atoms with Crippen LogP contribution in [0.15, 0.2) is 70.2 Å². The number of methoxy groups -OCH3 is 1. The van der Waals surface area contributed by atoms with Gasteiger partial charge in [0, 0.05) is 0 Å². The molecule has 0 aliphatic heterocycles. The molecule has 1 heterocycles. The van der Waals surface area contributed by atoms with E-state index in [1.165, 1.54) is 43.7 Å². The van der Waals surface area contributed by atoms with Gasteiger partial charge in [0.05, 0.1) is 41.1 Å². The number of carbonyl (C=O) groups is 1. The van der Waals surface area contributed by atoms with Crippen molar-refractivity contribution in [1.29, 1.82) is 0 Å². The monoisotopic (exact) mass is 420 g/mol. The number of hydrogen-bond donors (Lipinski definition) is 2. The first-order chi connectivity index (χ1) is 13.4. The van der Waals surface area contributed by atoms with Gasteiger partial charge in [0.1, 0.15) is 11.5 Å². The molecule has 2 aromatic carbocycles. The molecule has 0 spiro atoms. The van der Waals surface area contributed by atoms with E-state index in [2.05, 4.69) is 10.0 Å². The van der Waals surface area contributed by atoms with Gasteiger partial charge in [-0.25, -0.2) is 8.42 Å². The number of halogens is 1. The van der Waals surface area contributed by atoms with Crippen LogP contribution in [-0.2, 0) is 16.6 Å². The molecule has 7 nitrogen and oxygen atoms in total. The third kappa shape index (κ3) is 4.65. The Kier molecular flexibility index (Phi) is 5.91. The second-order valence-corrected chi connectivity index (χ2v) is 7.83. The summed E-state index contributed by atoms with van der Waals surface area (Å²) in [6.07, 6.45) is 1.51. The lowest BCUT2D eigenvalue weighted by Gasteiger charge is -2.11. The fourth-order valence-electron chi connectivity index (χ4n) is 2.41. The van der Waals surface area contributed by atoms with Crippen molar-refractivity contribution >= 4 is 33.2 Å². The van der Waals surface area contributed by atoms with Crippen LogP contribution < -0.4 is 14.8 Å². The zero-order valence-corrected chi connectivity index (χ0v) is 16.4. The van der Waals surface area contributed by atoms with Gasteiger partial charge in [0.25, 0.3) is 15.9 Å². The third-order valence-electron chi connectivity index (χ3n) is 3.84. The summed E-state index contributed by atoms with van der Waals surface area (Å²) in [4.78, 5) is 12.3.